The first-order valence-electron chi connectivity index (χ1n) is 25.8. The molecule has 0 N–H and O–H groups in total. The van der Waals surface area contributed by atoms with E-state index in [1.165, 1.54) is 114 Å². The summed E-state index contributed by atoms with van der Waals surface area (Å²) >= 11 is 0. The molecule has 4 aliphatic rings. The van der Waals surface area contributed by atoms with Crippen molar-refractivity contribution in [3.05, 3.63) is 203 Å². The van der Waals surface area contributed by atoms with Crippen LogP contribution in [-0.2, 0) is 21.7 Å². The maximum absolute atomic E-state index is 2.69. The minimum Gasteiger partial charge on any atom is -0.311 e. The van der Waals surface area contributed by atoms with Gasteiger partial charge in [0, 0.05) is 51.2 Å². The van der Waals surface area contributed by atoms with Crippen LogP contribution in [0.15, 0.2) is 170 Å². The Bertz CT molecular complexity index is 3330. The number of aryl methyl sites for hydroxylation is 2. The summed E-state index contributed by atoms with van der Waals surface area (Å²) < 4.78 is 0. The predicted octanol–water partition coefficient (Wildman–Crippen LogP) is 16.2. The molecule has 4 heteroatoms. The van der Waals surface area contributed by atoms with Gasteiger partial charge in [-0.15, -0.1) is 0 Å². The fraction of sp³-hybridized carbons (Fsp3) is 0.273. The molecule has 0 radical (unpaired) electrons. The molecule has 8 aromatic carbocycles. The number of hydrogen-bond acceptors (Lipinski definition) is 3. The number of benzene rings is 8. The Balaban J connectivity index is 1.18. The molecule has 0 bridgehead atoms. The van der Waals surface area contributed by atoms with Crippen molar-refractivity contribution in [2.24, 2.45) is 0 Å². The van der Waals surface area contributed by atoms with Crippen LogP contribution < -0.4 is 31.1 Å². The van der Waals surface area contributed by atoms with Gasteiger partial charge in [0.25, 0.3) is 6.71 Å². The molecule has 348 valence electrons. The Morgan fingerprint density at radius 2 is 0.914 bits per heavy atom. The highest BCUT2D eigenvalue weighted by Crippen LogP contribution is 2.53. The molecule has 3 nitrogen and oxygen atoms in total. The van der Waals surface area contributed by atoms with Gasteiger partial charge in [0.1, 0.15) is 0 Å². The Morgan fingerprint density at radius 3 is 1.53 bits per heavy atom. The van der Waals surface area contributed by atoms with Gasteiger partial charge in [-0.2, -0.15) is 0 Å². The summed E-state index contributed by atoms with van der Waals surface area (Å²) in [5.74, 6) is 0. The van der Waals surface area contributed by atoms with Crippen LogP contribution in [0.3, 0.4) is 0 Å². The molecule has 0 aromatic heterocycles. The van der Waals surface area contributed by atoms with Crippen LogP contribution in [0.2, 0.25) is 0 Å². The quantitative estimate of drug-likeness (QED) is 0.154. The number of hydrogen-bond donors (Lipinski definition) is 0. The van der Waals surface area contributed by atoms with Crippen molar-refractivity contribution in [3.63, 3.8) is 0 Å². The molecule has 0 saturated carbocycles. The highest BCUT2D eigenvalue weighted by atomic mass is 15.2. The smallest absolute Gasteiger partial charge is 0.252 e. The van der Waals surface area contributed by atoms with Crippen molar-refractivity contribution < 1.29 is 0 Å². The first-order chi connectivity index (χ1) is 33.5. The van der Waals surface area contributed by atoms with Crippen LogP contribution >= 0.6 is 0 Å². The third-order valence-corrected chi connectivity index (χ3v) is 17.1. The summed E-state index contributed by atoms with van der Waals surface area (Å²) in [7, 11) is 0. The zero-order chi connectivity index (χ0) is 48.5. The molecule has 8 aromatic rings. The minimum absolute atomic E-state index is 0.00389. The van der Waals surface area contributed by atoms with Crippen LogP contribution in [0.1, 0.15) is 114 Å². The summed E-state index contributed by atoms with van der Waals surface area (Å²) in [6, 6.07) is 64.8. The average molecular weight is 912 g/mol. The molecule has 0 atom stereocenters. The number of anilines is 9. The Hall–Kier alpha value is -6.78. The lowest BCUT2D eigenvalue weighted by atomic mass is 9.33. The molecule has 70 heavy (non-hydrogen) atoms. The van der Waals surface area contributed by atoms with E-state index in [0.717, 1.165) is 23.5 Å². The van der Waals surface area contributed by atoms with Crippen LogP contribution in [0, 0.1) is 13.8 Å². The monoisotopic (exact) mass is 912 g/mol. The first kappa shape index (κ1) is 44.4. The largest absolute Gasteiger partial charge is 0.311 e. The second-order valence-corrected chi connectivity index (χ2v) is 23.7. The normalized spacial score (nSPS) is 17.4. The average Bonchev–Trinajstić information content (AvgIpc) is 3.35. The molecule has 0 saturated heterocycles. The Morgan fingerprint density at radius 1 is 0.386 bits per heavy atom. The van der Waals surface area contributed by atoms with Gasteiger partial charge in [0.2, 0.25) is 0 Å². The van der Waals surface area contributed by atoms with Gasteiger partial charge in [-0.05, 0) is 195 Å². The van der Waals surface area contributed by atoms with E-state index in [0.29, 0.717) is 0 Å². The highest BCUT2D eigenvalue weighted by molar-refractivity contribution is 7.00. The number of para-hydroxylation sites is 2. The number of fused-ring (bicyclic) bond motifs is 6. The lowest BCUT2D eigenvalue weighted by Crippen LogP contribution is -2.62. The van der Waals surface area contributed by atoms with Gasteiger partial charge in [-0.25, -0.2) is 0 Å². The van der Waals surface area contributed by atoms with E-state index in [4.69, 9.17) is 0 Å². The zero-order valence-electron chi connectivity index (χ0n) is 42.9. The van der Waals surface area contributed by atoms with Crippen molar-refractivity contribution in [2.45, 2.75) is 117 Å². The lowest BCUT2D eigenvalue weighted by molar-refractivity contribution is 0.332. The molecular weight excluding hydrogens is 846 g/mol. The summed E-state index contributed by atoms with van der Waals surface area (Å²) in [6.07, 6.45) is 4.70. The summed E-state index contributed by atoms with van der Waals surface area (Å²) in [5.41, 5.74) is 26.1. The van der Waals surface area contributed by atoms with E-state index in [9.17, 15) is 0 Å². The maximum atomic E-state index is 2.69. The van der Waals surface area contributed by atoms with E-state index in [-0.39, 0.29) is 28.4 Å². The predicted molar refractivity (Wildman–Crippen MR) is 301 cm³/mol. The third-order valence-electron chi connectivity index (χ3n) is 17.1. The van der Waals surface area contributed by atoms with Crippen molar-refractivity contribution in [2.75, 3.05) is 14.7 Å². The van der Waals surface area contributed by atoms with Gasteiger partial charge >= 0.3 is 0 Å². The number of rotatable bonds is 6. The van der Waals surface area contributed by atoms with Crippen molar-refractivity contribution >= 4 is 74.3 Å². The molecule has 12 rings (SSSR count). The fourth-order valence-electron chi connectivity index (χ4n) is 12.8. The van der Waals surface area contributed by atoms with E-state index < -0.39 is 0 Å². The SMILES string of the molecule is Cc1cc2c3c(c1)N(c1cc(-c4ccccc4)ccc1C)c1cc(N(c4ccccc4)c4ccccc4)ccc1B3c1cc3c(cc1N2c1ccc2c(c1)C(C)(C)CCC2(C)C)C(C)(C)CCC3(C)C. The summed E-state index contributed by atoms with van der Waals surface area (Å²) in [4.78, 5) is 7.73. The Labute approximate surface area is 417 Å². The second-order valence-electron chi connectivity index (χ2n) is 23.7. The topological polar surface area (TPSA) is 9.72 Å². The van der Waals surface area contributed by atoms with Gasteiger partial charge < -0.3 is 14.7 Å². The molecule has 2 aliphatic carbocycles. The molecule has 0 amide bonds. The van der Waals surface area contributed by atoms with Gasteiger partial charge in [-0.1, -0.05) is 152 Å². The molecule has 2 heterocycles. The van der Waals surface area contributed by atoms with Crippen molar-refractivity contribution in [3.8, 4) is 11.1 Å². The molecule has 0 fully saturated rings. The van der Waals surface area contributed by atoms with Crippen LogP contribution in [0.25, 0.3) is 11.1 Å². The lowest BCUT2D eigenvalue weighted by Gasteiger charge is -2.48. The summed E-state index contributed by atoms with van der Waals surface area (Å²) in [5, 5.41) is 0. The van der Waals surface area contributed by atoms with E-state index in [1.54, 1.807) is 0 Å². The van der Waals surface area contributed by atoms with E-state index in [2.05, 4.69) is 254 Å². The molecule has 0 unspecified atom stereocenters. The van der Waals surface area contributed by atoms with Crippen molar-refractivity contribution in [1.29, 1.82) is 0 Å². The standard InChI is InChI=1S/C66H66BN3/c1-43-36-60-62-61(37-43)70(57-38-46(27-26-44(57)2)45-20-14-11-15-21-45)58-40-50(68(47-22-16-12-17-23-47)48-24-18-13-19-25-48)29-31-55(58)67(62)56-41-53-54(66(9,10)35-34-65(53,7)8)42-59(56)69(60)49-28-30-51-52(39-49)64(5,6)33-32-63(51,3)4/h11-31,36-42H,32-35H2,1-10H3. The van der Waals surface area contributed by atoms with Gasteiger partial charge in [0.05, 0.1) is 0 Å². The molecule has 0 spiro atoms. The van der Waals surface area contributed by atoms with E-state index in [1.807, 2.05) is 0 Å². The third kappa shape index (κ3) is 6.99. The van der Waals surface area contributed by atoms with E-state index >= 15 is 0 Å². The molecule has 2 aliphatic heterocycles. The zero-order valence-corrected chi connectivity index (χ0v) is 42.9. The molecular formula is C66H66BN3. The Kier molecular flexibility index (Phi) is 10.1. The van der Waals surface area contributed by atoms with Gasteiger partial charge in [-0.3, -0.25) is 0 Å². The van der Waals surface area contributed by atoms with Crippen LogP contribution in [0.4, 0.5) is 51.2 Å². The van der Waals surface area contributed by atoms with Crippen LogP contribution in [0.5, 0.6) is 0 Å². The summed E-state index contributed by atoms with van der Waals surface area (Å²) in [6.45, 7) is 24.3. The second kappa shape index (κ2) is 15.9. The van der Waals surface area contributed by atoms with Crippen LogP contribution in [-0.4, -0.2) is 6.71 Å². The highest BCUT2D eigenvalue weighted by Gasteiger charge is 2.47. The van der Waals surface area contributed by atoms with Gasteiger partial charge in [0.15, 0.2) is 0 Å². The first-order valence-corrected chi connectivity index (χ1v) is 25.8. The number of nitrogens with zero attached hydrogens (tertiary/aromatic N) is 3. The van der Waals surface area contributed by atoms with Crippen molar-refractivity contribution in [1.82, 2.24) is 0 Å². The minimum atomic E-state index is -0.00389. The fourth-order valence-corrected chi connectivity index (χ4v) is 12.8. The maximum Gasteiger partial charge on any atom is 0.252 e.